The molecule has 174 valence electrons. The van der Waals surface area contributed by atoms with Crippen molar-refractivity contribution in [2.75, 3.05) is 43.6 Å². The van der Waals surface area contributed by atoms with Gasteiger partial charge >= 0.3 is 6.01 Å². The predicted molar refractivity (Wildman–Crippen MR) is 131 cm³/mol. The molecule has 5 rings (SSSR count). The molecule has 0 atom stereocenters. The number of methoxy groups -OCH3 is 1. The van der Waals surface area contributed by atoms with Crippen molar-refractivity contribution < 1.29 is 14.6 Å². The minimum atomic E-state index is 0.0893. The summed E-state index contributed by atoms with van der Waals surface area (Å²) < 4.78 is 11.7. The van der Waals surface area contributed by atoms with E-state index in [9.17, 15) is 5.11 Å². The van der Waals surface area contributed by atoms with E-state index in [1.807, 2.05) is 24.3 Å². The number of hydrogen-bond donors (Lipinski definition) is 2. The molecular formula is C26H32N4O3. The predicted octanol–water partition coefficient (Wildman–Crippen LogP) is 4.36. The van der Waals surface area contributed by atoms with Crippen molar-refractivity contribution in [1.29, 1.82) is 0 Å². The first-order valence-corrected chi connectivity index (χ1v) is 12.0. The Bertz CT molecular complexity index is 1090. The fourth-order valence-electron chi connectivity index (χ4n) is 4.74. The zero-order valence-corrected chi connectivity index (χ0v) is 19.2. The molecule has 0 unspecified atom stereocenters. The molecule has 3 aromatic rings. The number of para-hydroxylation sites is 1. The highest BCUT2D eigenvalue weighted by molar-refractivity contribution is 5.92. The Morgan fingerprint density at radius 3 is 2.61 bits per heavy atom. The zero-order valence-electron chi connectivity index (χ0n) is 19.2. The number of nitrogens with one attached hydrogen (secondary N) is 1. The third-order valence-electron chi connectivity index (χ3n) is 6.79. The van der Waals surface area contributed by atoms with Gasteiger partial charge in [0.1, 0.15) is 17.7 Å². The normalized spacial score (nSPS) is 17.1. The van der Waals surface area contributed by atoms with Gasteiger partial charge in [-0.15, -0.1) is 0 Å². The first kappa shape index (κ1) is 21.8. The molecule has 33 heavy (non-hydrogen) atoms. The van der Waals surface area contributed by atoms with Gasteiger partial charge in [-0.3, -0.25) is 0 Å². The summed E-state index contributed by atoms with van der Waals surface area (Å²) in [7, 11) is 1.74. The first-order chi connectivity index (χ1) is 16.2. The summed E-state index contributed by atoms with van der Waals surface area (Å²) in [5, 5.41) is 13.4. The van der Waals surface area contributed by atoms with Crippen molar-refractivity contribution in [2.45, 2.75) is 44.1 Å². The molecule has 2 fully saturated rings. The van der Waals surface area contributed by atoms with Crippen LogP contribution < -0.4 is 19.7 Å². The van der Waals surface area contributed by atoms with Gasteiger partial charge in [-0.25, -0.2) is 0 Å². The molecule has 7 heteroatoms. The molecule has 1 saturated carbocycles. The van der Waals surface area contributed by atoms with Crippen molar-refractivity contribution in [2.24, 2.45) is 0 Å². The topological polar surface area (TPSA) is 79.7 Å². The van der Waals surface area contributed by atoms with Gasteiger partial charge in [0.15, 0.2) is 0 Å². The molecule has 7 nitrogen and oxygen atoms in total. The molecule has 0 spiro atoms. The third kappa shape index (κ3) is 4.69. The highest BCUT2D eigenvalue weighted by atomic mass is 16.5. The maximum absolute atomic E-state index is 9.18. The standard InChI is InChI=1S/C26H32N4O3/c1-32-24-8-3-2-7-21(24)18-11-14-30(15-12-18)25-22-17-19(27-13-16-31)9-10-23(22)28-26(29-25)33-20-5-4-6-20/h2-3,7-10,17-18,20,27,31H,4-6,11-16H2,1H3. The van der Waals surface area contributed by atoms with Gasteiger partial charge in [-0.2, -0.15) is 9.97 Å². The molecule has 1 aliphatic carbocycles. The first-order valence-electron chi connectivity index (χ1n) is 12.0. The van der Waals surface area contributed by atoms with Gasteiger partial charge in [0.2, 0.25) is 0 Å². The number of aliphatic hydroxyl groups is 1. The van der Waals surface area contributed by atoms with Crippen LogP contribution >= 0.6 is 0 Å². The van der Waals surface area contributed by atoms with Crippen LogP contribution in [0.25, 0.3) is 10.9 Å². The summed E-state index contributed by atoms with van der Waals surface area (Å²) in [4.78, 5) is 12.0. The average molecular weight is 449 g/mol. The van der Waals surface area contributed by atoms with Crippen LogP contribution in [0.2, 0.25) is 0 Å². The fourth-order valence-corrected chi connectivity index (χ4v) is 4.74. The van der Waals surface area contributed by atoms with Crippen LogP contribution in [0.3, 0.4) is 0 Å². The Balaban J connectivity index is 1.42. The van der Waals surface area contributed by atoms with E-state index in [4.69, 9.17) is 19.4 Å². The van der Waals surface area contributed by atoms with Crippen molar-refractivity contribution in [3.8, 4) is 11.8 Å². The third-order valence-corrected chi connectivity index (χ3v) is 6.79. The van der Waals surface area contributed by atoms with Crippen molar-refractivity contribution >= 4 is 22.4 Å². The van der Waals surface area contributed by atoms with Crippen LogP contribution in [0.15, 0.2) is 42.5 Å². The van der Waals surface area contributed by atoms with Crippen molar-refractivity contribution in [3.63, 3.8) is 0 Å². The maximum Gasteiger partial charge on any atom is 0.319 e. The lowest BCUT2D eigenvalue weighted by molar-refractivity contribution is 0.109. The largest absolute Gasteiger partial charge is 0.496 e. The number of aromatic nitrogens is 2. The Morgan fingerprint density at radius 2 is 1.88 bits per heavy atom. The minimum Gasteiger partial charge on any atom is -0.496 e. The molecule has 1 saturated heterocycles. The van der Waals surface area contributed by atoms with Gasteiger partial charge in [0, 0.05) is 30.7 Å². The summed E-state index contributed by atoms with van der Waals surface area (Å²) in [6.07, 6.45) is 5.66. The number of anilines is 2. The molecule has 0 amide bonds. The highest BCUT2D eigenvalue weighted by Gasteiger charge is 2.26. The minimum absolute atomic E-state index is 0.0893. The van der Waals surface area contributed by atoms with E-state index in [0.29, 0.717) is 18.5 Å². The van der Waals surface area contributed by atoms with Crippen LogP contribution in [0, 0.1) is 0 Å². The Hall–Kier alpha value is -3.06. The van der Waals surface area contributed by atoms with Crippen LogP contribution in [0.1, 0.15) is 43.6 Å². The van der Waals surface area contributed by atoms with Crippen LogP contribution in [-0.2, 0) is 0 Å². The molecule has 1 aromatic heterocycles. The van der Waals surface area contributed by atoms with E-state index in [0.717, 1.165) is 66.9 Å². The van der Waals surface area contributed by atoms with Crippen molar-refractivity contribution in [1.82, 2.24) is 9.97 Å². The Morgan fingerprint density at radius 1 is 1.06 bits per heavy atom. The van der Waals surface area contributed by atoms with Crippen molar-refractivity contribution in [3.05, 3.63) is 48.0 Å². The summed E-state index contributed by atoms with van der Waals surface area (Å²) in [6.45, 7) is 2.42. The SMILES string of the molecule is COc1ccccc1C1CCN(c2nc(OC3CCC3)nc3ccc(NCCO)cc23)CC1. The number of benzene rings is 2. The quantitative estimate of drug-likeness (QED) is 0.530. The number of hydrogen-bond acceptors (Lipinski definition) is 7. The van der Waals surface area contributed by atoms with E-state index in [1.54, 1.807) is 7.11 Å². The highest BCUT2D eigenvalue weighted by Crippen LogP contribution is 2.37. The number of aliphatic hydroxyl groups excluding tert-OH is 1. The molecule has 1 aliphatic heterocycles. The Kier molecular flexibility index (Phi) is 6.48. The second-order valence-electron chi connectivity index (χ2n) is 8.89. The molecule has 2 aromatic carbocycles. The molecule has 0 bridgehead atoms. The lowest BCUT2D eigenvalue weighted by Crippen LogP contribution is -2.34. The molecule has 2 N–H and O–H groups in total. The number of rotatable bonds is 8. The smallest absolute Gasteiger partial charge is 0.319 e. The summed E-state index contributed by atoms with van der Waals surface area (Å²) in [6, 6.07) is 14.9. The van der Waals surface area contributed by atoms with Gasteiger partial charge in [-0.05, 0) is 67.9 Å². The second kappa shape index (κ2) is 9.83. The molecule has 2 aliphatic rings. The van der Waals surface area contributed by atoms with Gasteiger partial charge in [-0.1, -0.05) is 18.2 Å². The van der Waals surface area contributed by atoms with Gasteiger partial charge in [0.05, 0.1) is 19.2 Å². The van der Waals surface area contributed by atoms with Crippen LogP contribution in [-0.4, -0.2) is 54.5 Å². The number of nitrogens with zero attached hydrogens (tertiary/aromatic N) is 3. The Labute approximate surface area is 194 Å². The van der Waals surface area contributed by atoms with Crippen LogP contribution in [0.5, 0.6) is 11.8 Å². The molecular weight excluding hydrogens is 416 g/mol. The maximum atomic E-state index is 9.18. The molecule has 0 radical (unpaired) electrons. The second-order valence-corrected chi connectivity index (χ2v) is 8.89. The zero-order chi connectivity index (χ0) is 22.6. The van der Waals surface area contributed by atoms with Gasteiger partial charge < -0.3 is 24.8 Å². The van der Waals surface area contributed by atoms with E-state index >= 15 is 0 Å². The average Bonchev–Trinajstić information content (AvgIpc) is 2.84. The van der Waals surface area contributed by atoms with E-state index in [-0.39, 0.29) is 12.7 Å². The molecule has 2 heterocycles. The van der Waals surface area contributed by atoms with E-state index in [2.05, 4.69) is 28.4 Å². The monoisotopic (exact) mass is 448 g/mol. The fraction of sp³-hybridized carbons (Fsp3) is 0.462. The van der Waals surface area contributed by atoms with E-state index < -0.39 is 0 Å². The van der Waals surface area contributed by atoms with Gasteiger partial charge in [0.25, 0.3) is 0 Å². The summed E-state index contributed by atoms with van der Waals surface area (Å²) in [5.74, 6) is 2.37. The number of fused-ring (bicyclic) bond motifs is 1. The number of piperidine rings is 1. The summed E-state index contributed by atoms with van der Waals surface area (Å²) in [5.41, 5.74) is 3.13. The van der Waals surface area contributed by atoms with Crippen LogP contribution in [0.4, 0.5) is 11.5 Å². The van der Waals surface area contributed by atoms with E-state index in [1.165, 1.54) is 12.0 Å². The number of ether oxygens (including phenoxy) is 2. The lowest BCUT2D eigenvalue weighted by Gasteiger charge is -2.34. The summed E-state index contributed by atoms with van der Waals surface area (Å²) >= 11 is 0. The lowest BCUT2D eigenvalue weighted by atomic mass is 9.88.